The molecule has 4 heteroatoms. The number of nitrogens with one attached hydrogen (secondary N) is 1. The summed E-state index contributed by atoms with van der Waals surface area (Å²) in [4.78, 5) is 11.4. The summed E-state index contributed by atoms with van der Waals surface area (Å²) in [6.45, 7) is 2.16. The van der Waals surface area contributed by atoms with Gasteiger partial charge in [-0.3, -0.25) is 4.79 Å². The normalized spacial score (nSPS) is 11.4. The van der Waals surface area contributed by atoms with Crippen molar-refractivity contribution in [3.8, 4) is 6.07 Å². The van der Waals surface area contributed by atoms with Crippen LogP contribution in [0.5, 0.6) is 0 Å². The Morgan fingerprint density at radius 2 is 2.00 bits per heavy atom. The smallest absolute Gasteiger partial charge is 0.312 e. The summed E-state index contributed by atoms with van der Waals surface area (Å²) in [6, 6.07) is 16.6. The van der Waals surface area contributed by atoms with Gasteiger partial charge in [0.15, 0.2) is 0 Å². The number of benzene rings is 2. The molecule has 4 nitrogen and oxygen atoms in total. The highest BCUT2D eigenvalue weighted by molar-refractivity contribution is 5.77. The number of aliphatic carboxylic acids is 1. The van der Waals surface area contributed by atoms with E-state index in [1.165, 1.54) is 0 Å². The molecule has 0 heterocycles. The van der Waals surface area contributed by atoms with Crippen LogP contribution in [0.2, 0.25) is 0 Å². The van der Waals surface area contributed by atoms with E-state index >= 15 is 0 Å². The monoisotopic (exact) mass is 280 g/mol. The minimum atomic E-state index is -0.889. The highest BCUT2D eigenvalue weighted by Crippen LogP contribution is 2.20. The van der Waals surface area contributed by atoms with E-state index in [0.29, 0.717) is 11.3 Å². The summed E-state index contributed by atoms with van der Waals surface area (Å²) >= 11 is 0. The molecule has 0 aliphatic rings. The summed E-state index contributed by atoms with van der Waals surface area (Å²) in [5, 5.41) is 21.6. The van der Waals surface area contributed by atoms with E-state index in [4.69, 9.17) is 5.26 Å². The second-order valence-corrected chi connectivity index (χ2v) is 4.84. The Morgan fingerprint density at radius 3 is 2.62 bits per heavy atom. The van der Waals surface area contributed by atoms with Crippen molar-refractivity contribution in [1.82, 2.24) is 0 Å². The molecule has 0 amide bonds. The molecule has 106 valence electrons. The van der Waals surface area contributed by atoms with Crippen molar-refractivity contribution in [2.45, 2.75) is 12.8 Å². The minimum Gasteiger partial charge on any atom is -0.481 e. The average molecular weight is 280 g/mol. The molecule has 0 aromatic heterocycles. The van der Waals surface area contributed by atoms with Crippen LogP contribution in [0.25, 0.3) is 0 Å². The molecule has 0 fully saturated rings. The molecule has 0 bridgehead atoms. The molecule has 1 unspecified atom stereocenters. The van der Waals surface area contributed by atoms with Crippen LogP contribution in [0.4, 0.5) is 5.69 Å². The van der Waals surface area contributed by atoms with E-state index < -0.39 is 11.9 Å². The Kier molecular flexibility index (Phi) is 4.57. The van der Waals surface area contributed by atoms with Gasteiger partial charge in [0.2, 0.25) is 0 Å². The standard InChI is InChI=1S/C17H16N2O2/c1-12-7-8-14(10-18)16(9-12)19-11-15(17(20)21)13-5-3-2-4-6-13/h2-9,15,19H,11H2,1H3,(H,20,21). The van der Waals surface area contributed by atoms with Crippen LogP contribution in [0.15, 0.2) is 48.5 Å². The Labute approximate surface area is 123 Å². The molecule has 0 aliphatic heterocycles. The van der Waals surface area contributed by atoms with Gasteiger partial charge in [-0.2, -0.15) is 5.26 Å². The summed E-state index contributed by atoms with van der Waals surface area (Å²) < 4.78 is 0. The number of aryl methyl sites for hydroxylation is 1. The van der Waals surface area contributed by atoms with Crippen LogP contribution in [-0.4, -0.2) is 17.6 Å². The van der Waals surface area contributed by atoms with Gasteiger partial charge in [-0.15, -0.1) is 0 Å². The number of nitrogens with zero attached hydrogens (tertiary/aromatic N) is 1. The topological polar surface area (TPSA) is 73.1 Å². The first-order valence-corrected chi connectivity index (χ1v) is 6.64. The number of hydrogen-bond donors (Lipinski definition) is 2. The number of rotatable bonds is 5. The molecule has 2 rings (SSSR count). The fourth-order valence-corrected chi connectivity index (χ4v) is 2.15. The molecule has 0 saturated carbocycles. The van der Waals surface area contributed by atoms with Gasteiger partial charge in [0.05, 0.1) is 17.2 Å². The Hall–Kier alpha value is -2.80. The van der Waals surface area contributed by atoms with E-state index in [-0.39, 0.29) is 6.54 Å². The molecule has 2 aromatic carbocycles. The van der Waals surface area contributed by atoms with Gasteiger partial charge < -0.3 is 10.4 Å². The fourth-order valence-electron chi connectivity index (χ4n) is 2.15. The summed E-state index contributed by atoms with van der Waals surface area (Å²) in [7, 11) is 0. The van der Waals surface area contributed by atoms with Gasteiger partial charge in [0.25, 0.3) is 0 Å². The van der Waals surface area contributed by atoms with Crippen LogP contribution in [0, 0.1) is 18.3 Å². The van der Waals surface area contributed by atoms with Gasteiger partial charge >= 0.3 is 5.97 Å². The number of carbonyl (C=O) groups is 1. The third-order valence-corrected chi connectivity index (χ3v) is 3.29. The quantitative estimate of drug-likeness (QED) is 0.882. The Balaban J connectivity index is 2.19. The number of anilines is 1. The van der Waals surface area contributed by atoms with Crippen molar-refractivity contribution in [2.75, 3.05) is 11.9 Å². The zero-order chi connectivity index (χ0) is 15.2. The Bertz CT molecular complexity index is 675. The zero-order valence-corrected chi connectivity index (χ0v) is 11.7. The van der Waals surface area contributed by atoms with Crippen LogP contribution >= 0.6 is 0 Å². The third-order valence-electron chi connectivity index (χ3n) is 3.29. The molecule has 2 aromatic rings. The highest BCUT2D eigenvalue weighted by atomic mass is 16.4. The van der Waals surface area contributed by atoms with Gasteiger partial charge in [-0.1, -0.05) is 36.4 Å². The van der Waals surface area contributed by atoms with Gasteiger partial charge in [0.1, 0.15) is 6.07 Å². The maximum Gasteiger partial charge on any atom is 0.312 e. The largest absolute Gasteiger partial charge is 0.481 e. The lowest BCUT2D eigenvalue weighted by Gasteiger charge is -2.15. The molecule has 21 heavy (non-hydrogen) atoms. The average Bonchev–Trinajstić information content (AvgIpc) is 2.48. The third kappa shape index (κ3) is 3.61. The van der Waals surface area contributed by atoms with Crippen LogP contribution in [0.1, 0.15) is 22.6 Å². The molecule has 2 N–H and O–H groups in total. The molecule has 0 saturated heterocycles. The van der Waals surface area contributed by atoms with Crippen molar-refractivity contribution in [3.63, 3.8) is 0 Å². The van der Waals surface area contributed by atoms with Gasteiger partial charge in [-0.05, 0) is 30.2 Å². The highest BCUT2D eigenvalue weighted by Gasteiger charge is 2.19. The fraction of sp³-hybridized carbons (Fsp3) is 0.176. The number of carboxylic acids is 1. The van der Waals surface area contributed by atoms with E-state index in [1.807, 2.05) is 37.3 Å². The van der Waals surface area contributed by atoms with Crippen molar-refractivity contribution in [3.05, 3.63) is 65.2 Å². The second-order valence-electron chi connectivity index (χ2n) is 4.84. The van der Waals surface area contributed by atoms with E-state index in [9.17, 15) is 9.90 Å². The lowest BCUT2D eigenvalue weighted by Crippen LogP contribution is -2.21. The number of hydrogen-bond acceptors (Lipinski definition) is 3. The molecule has 1 atom stereocenters. The van der Waals surface area contributed by atoms with Crippen molar-refractivity contribution >= 4 is 11.7 Å². The van der Waals surface area contributed by atoms with Crippen molar-refractivity contribution in [1.29, 1.82) is 5.26 Å². The summed E-state index contributed by atoms with van der Waals surface area (Å²) in [5.41, 5.74) is 2.93. The minimum absolute atomic E-state index is 0.234. The maximum atomic E-state index is 11.4. The molecule has 0 spiro atoms. The van der Waals surface area contributed by atoms with E-state index in [1.54, 1.807) is 18.2 Å². The first kappa shape index (κ1) is 14.6. The first-order valence-electron chi connectivity index (χ1n) is 6.64. The van der Waals surface area contributed by atoms with Gasteiger partial charge in [0, 0.05) is 6.54 Å². The second kappa shape index (κ2) is 6.58. The maximum absolute atomic E-state index is 11.4. The molecule has 0 radical (unpaired) electrons. The van der Waals surface area contributed by atoms with Crippen LogP contribution < -0.4 is 5.32 Å². The lowest BCUT2D eigenvalue weighted by molar-refractivity contribution is -0.138. The van der Waals surface area contributed by atoms with E-state index in [2.05, 4.69) is 11.4 Å². The SMILES string of the molecule is Cc1ccc(C#N)c(NCC(C(=O)O)c2ccccc2)c1. The molecular weight excluding hydrogens is 264 g/mol. The summed E-state index contributed by atoms with van der Waals surface area (Å²) in [6.07, 6.45) is 0. The lowest BCUT2D eigenvalue weighted by atomic mass is 9.99. The summed E-state index contributed by atoms with van der Waals surface area (Å²) in [5.74, 6) is -1.54. The molecular formula is C17H16N2O2. The van der Waals surface area contributed by atoms with Crippen LogP contribution in [-0.2, 0) is 4.79 Å². The van der Waals surface area contributed by atoms with Crippen LogP contribution in [0.3, 0.4) is 0 Å². The first-order chi connectivity index (χ1) is 10.1. The number of nitriles is 1. The molecule has 0 aliphatic carbocycles. The van der Waals surface area contributed by atoms with Crippen molar-refractivity contribution < 1.29 is 9.90 Å². The van der Waals surface area contributed by atoms with Crippen molar-refractivity contribution in [2.24, 2.45) is 0 Å². The Morgan fingerprint density at radius 1 is 1.29 bits per heavy atom. The van der Waals surface area contributed by atoms with Gasteiger partial charge in [-0.25, -0.2) is 0 Å². The zero-order valence-electron chi connectivity index (χ0n) is 11.7. The predicted molar refractivity (Wildman–Crippen MR) is 81.2 cm³/mol. The van der Waals surface area contributed by atoms with E-state index in [0.717, 1.165) is 11.1 Å². The number of carboxylic acid groups (broad SMARTS) is 1. The predicted octanol–water partition coefficient (Wildman–Crippen LogP) is 3.15.